The van der Waals surface area contributed by atoms with Gasteiger partial charge in [-0.1, -0.05) is 18.2 Å². The average molecular weight is 418 g/mol. The molecule has 2 aromatic rings. The largest absolute Gasteiger partial charge is 0.464 e. The molecule has 1 heterocycles. The number of carbonyl (C=O) groups is 2. The zero-order valence-electron chi connectivity index (χ0n) is 15.8. The molecule has 1 N–H and O–H groups in total. The van der Waals surface area contributed by atoms with Crippen molar-refractivity contribution in [1.29, 1.82) is 0 Å². The van der Waals surface area contributed by atoms with Crippen molar-refractivity contribution in [2.45, 2.75) is 25.8 Å². The predicted octanol–water partition coefficient (Wildman–Crippen LogP) is 3.77. The van der Waals surface area contributed by atoms with Crippen LogP contribution in [0.3, 0.4) is 0 Å². The summed E-state index contributed by atoms with van der Waals surface area (Å²) in [5, 5.41) is 3.58. The highest BCUT2D eigenvalue weighted by molar-refractivity contribution is 8.14. The number of aliphatic imine (C=N–C) groups is 1. The fourth-order valence-corrected chi connectivity index (χ4v) is 3.95. The van der Waals surface area contributed by atoms with Crippen molar-refractivity contribution in [3.8, 4) is 0 Å². The summed E-state index contributed by atoms with van der Waals surface area (Å²) in [7, 11) is 0. The molecule has 8 heteroatoms. The lowest BCUT2D eigenvalue weighted by Gasteiger charge is -2.11. The third kappa shape index (κ3) is 5.87. The monoisotopic (exact) mass is 418 g/mol. The number of benzene rings is 2. The van der Waals surface area contributed by atoms with E-state index in [2.05, 4.69) is 10.3 Å². The Hall–Kier alpha value is -2.74. The van der Waals surface area contributed by atoms with Gasteiger partial charge in [-0.3, -0.25) is 9.79 Å². The number of esters is 1. The van der Waals surface area contributed by atoms with E-state index in [1.165, 1.54) is 11.8 Å². The third-order valence-electron chi connectivity index (χ3n) is 4.19. The summed E-state index contributed by atoms with van der Waals surface area (Å²) in [6, 6.07) is 9.77. The first-order valence-electron chi connectivity index (χ1n) is 9.13. The second kappa shape index (κ2) is 9.65. The number of rotatable bonds is 7. The van der Waals surface area contributed by atoms with E-state index in [1.54, 1.807) is 19.1 Å². The van der Waals surface area contributed by atoms with E-state index < -0.39 is 17.7 Å². The van der Waals surface area contributed by atoms with Gasteiger partial charge < -0.3 is 10.1 Å². The lowest BCUT2D eigenvalue weighted by atomic mass is 10.1. The minimum atomic E-state index is -0.722. The number of nitrogens with zero attached hydrogens (tertiary/aromatic N) is 1. The highest BCUT2D eigenvalue weighted by atomic mass is 32.2. The van der Waals surface area contributed by atoms with E-state index in [9.17, 15) is 18.4 Å². The molecule has 0 aromatic heterocycles. The van der Waals surface area contributed by atoms with Gasteiger partial charge in [0.05, 0.1) is 18.1 Å². The van der Waals surface area contributed by atoms with Gasteiger partial charge in [0.25, 0.3) is 0 Å². The second-order valence-electron chi connectivity index (χ2n) is 6.44. The smallest absolute Gasteiger partial charge is 0.331 e. The van der Waals surface area contributed by atoms with Gasteiger partial charge in [-0.05, 0) is 36.2 Å². The van der Waals surface area contributed by atoms with Crippen molar-refractivity contribution in [2.24, 2.45) is 4.99 Å². The number of amides is 1. The number of ether oxygens (including phenoxy) is 1. The Morgan fingerprint density at radius 1 is 1.21 bits per heavy atom. The SMILES string of the molecule is CCOC(=O)C1CSC(Cc2ccccc2NC(=O)Cc2cc(F)cc(F)c2)=N1. The number of hydrogen-bond donors (Lipinski definition) is 1. The molecule has 0 saturated heterocycles. The van der Waals surface area contributed by atoms with Crippen molar-refractivity contribution in [2.75, 3.05) is 17.7 Å². The van der Waals surface area contributed by atoms with Crippen LogP contribution in [0.5, 0.6) is 0 Å². The van der Waals surface area contributed by atoms with Crippen molar-refractivity contribution >= 4 is 34.4 Å². The van der Waals surface area contributed by atoms with Crippen LogP contribution in [0.25, 0.3) is 0 Å². The highest BCUT2D eigenvalue weighted by Gasteiger charge is 2.26. The Kier molecular flexibility index (Phi) is 6.98. The molecule has 3 rings (SSSR count). The first-order chi connectivity index (χ1) is 13.9. The number of para-hydroxylation sites is 1. The van der Waals surface area contributed by atoms with Crippen molar-refractivity contribution in [3.63, 3.8) is 0 Å². The average Bonchev–Trinajstić information content (AvgIpc) is 3.11. The summed E-state index contributed by atoms with van der Waals surface area (Å²) >= 11 is 1.49. The Morgan fingerprint density at radius 3 is 2.66 bits per heavy atom. The molecule has 0 radical (unpaired) electrons. The molecule has 1 aliphatic heterocycles. The van der Waals surface area contributed by atoms with Gasteiger partial charge in [-0.25, -0.2) is 13.6 Å². The maximum atomic E-state index is 13.3. The number of carbonyl (C=O) groups excluding carboxylic acids is 2. The Balaban J connectivity index is 1.67. The molecule has 152 valence electrons. The van der Waals surface area contributed by atoms with Crippen LogP contribution in [0.4, 0.5) is 14.5 Å². The van der Waals surface area contributed by atoms with Crippen LogP contribution in [0, 0.1) is 11.6 Å². The van der Waals surface area contributed by atoms with Crippen molar-refractivity contribution < 1.29 is 23.1 Å². The highest BCUT2D eigenvalue weighted by Crippen LogP contribution is 2.25. The summed E-state index contributed by atoms with van der Waals surface area (Å²) in [5.74, 6) is -1.62. The molecular weight excluding hydrogens is 398 g/mol. The van der Waals surface area contributed by atoms with E-state index in [1.807, 2.05) is 12.1 Å². The van der Waals surface area contributed by atoms with Crippen LogP contribution in [0.1, 0.15) is 18.1 Å². The summed E-state index contributed by atoms with van der Waals surface area (Å²) < 4.78 is 31.6. The van der Waals surface area contributed by atoms with Gasteiger partial charge in [-0.15, -0.1) is 11.8 Å². The van der Waals surface area contributed by atoms with Crippen LogP contribution in [0.2, 0.25) is 0 Å². The van der Waals surface area contributed by atoms with Gasteiger partial charge >= 0.3 is 5.97 Å². The predicted molar refractivity (Wildman–Crippen MR) is 109 cm³/mol. The van der Waals surface area contributed by atoms with Gasteiger partial charge in [0.15, 0.2) is 6.04 Å². The molecule has 2 aromatic carbocycles. The molecule has 0 saturated carbocycles. The number of anilines is 1. The summed E-state index contributed by atoms with van der Waals surface area (Å²) in [5.41, 5.74) is 1.68. The van der Waals surface area contributed by atoms with E-state index in [0.717, 1.165) is 28.8 Å². The standard InChI is InChI=1S/C21H20F2N2O3S/c1-2-28-21(27)18-12-29-20(25-18)10-14-5-3-4-6-17(14)24-19(26)9-13-7-15(22)11-16(23)8-13/h3-8,11,18H,2,9-10,12H2,1H3,(H,24,26). The third-order valence-corrected chi connectivity index (χ3v) is 5.25. The van der Waals surface area contributed by atoms with Crippen LogP contribution < -0.4 is 5.32 Å². The van der Waals surface area contributed by atoms with E-state index >= 15 is 0 Å². The minimum absolute atomic E-state index is 0.149. The van der Waals surface area contributed by atoms with E-state index in [4.69, 9.17) is 4.74 Å². The molecular formula is C21H20F2N2O3S. The number of hydrogen-bond acceptors (Lipinski definition) is 5. The lowest BCUT2D eigenvalue weighted by Crippen LogP contribution is -2.21. The molecule has 0 fully saturated rings. The summed E-state index contributed by atoms with van der Waals surface area (Å²) in [6.45, 7) is 2.07. The molecule has 1 atom stereocenters. The van der Waals surface area contributed by atoms with Gasteiger partial charge in [0.2, 0.25) is 5.91 Å². The molecule has 29 heavy (non-hydrogen) atoms. The zero-order chi connectivity index (χ0) is 20.8. The number of halogens is 2. The topological polar surface area (TPSA) is 67.8 Å². The molecule has 1 amide bonds. The van der Waals surface area contributed by atoms with E-state index in [0.29, 0.717) is 24.5 Å². The maximum absolute atomic E-state index is 13.3. The molecule has 1 unspecified atom stereocenters. The summed E-state index contributed by atoms with van der Waals surface area (Å²) in [6.07, 6.45) is 0.315. The molecule has 0 bridgehead atoms. The fraction of sp³-hybridized carbons (Fsp3) is 0.286. The van der Waals surface area contributed by atoms with Crippen LogP contribution in [0.15, 0.2) is 47.5 Å². The molecule has 0 spiro atoms. The first kappa shape index (κ1) is 21.0. The zero-order valence-corrected chi connectivity index (χ0v) is 16.6. The maximum Gasteiger partial charge on any atom is 0.331 e. The Labute approximate surface area is 171 Å². The quantitative estimate of drug-likeness (QED) is 0.695. The van der Waals surface area contributed by atoms with Crippen LogP contribution >= 0.6 is 11.8 Å². The molecule has 0 aliphatic carbocycles. The first-order valence-corrected chi connectivity index (χ1v) is 10.1. The van der Waals surface area contributed by atoms with Crippen molar-refractivity contribution in [3.05, 3.63) is 65.2 Å². The fourth-order valence-electron chi connectivity index (χ4n) is 2.93. The van der Waals surface area contributed by atoms with Crippen molar-refractivity contribution in [1.82, 2.24) is 0 Å². The van der Waals surface area contributed by atoms with Gasteiger partial charge in [0.1, 0.15) is 11.6 Å². The normalized spacial score (nSPS) is 15.7. The van der Waals surface area contributed by atoms with E-state index in [-0.39, 0.29) is 23.9 Å². The molecule has 5 nitrogen and oxygen atoms in total. The summed E-state index contributed by atoms with van der Waals surface area (Å²) in [4.78, 5) is 28.6. The van der Waals surface area contributed by atoms with Gasteiger partial charge in [0, 0.05) is 23.9 Å². The lowest BCUT2D eigenvalue weighted by molar-refractivity contribution is -0.143. The number of nitrogens with one attached hydrogen (secondary N) is 1. The second-order valence-corrected chi connectivity index (χ2v) is 7.53. The van der Waals surface area contributed by atoms with Crippen LogP contribution in [-0.2, 0) is 27.2 Å². The Morgan fingerprint density at radius 2 is 1.93 bits per heavy atom. The molecule has 1 aliphatic rings. The minimum Gasteiger partial charge on any atom is -0.464 e. The Bertz CT molecular complexity index is 929. The van der Waals surface area contributed by atoms with Crippen LogP contribution in [-0.4, -0.2) is 35.3 Å². The number of thioether (sulfide) groups is 1. The van der Waals surface area contributed by atoms with Gasteiger partial charge in [-0.2, -0.15) is 0 Å².